The highest BCUT2D eigenvalue weighted by molar-refractivity contribution is 5.99. The van der Waals surface area contributed by atoms with Crippen molar-refractivity contribution >= 4 is 5.78 Å². The molecule has 0 amide bonds. The van der Waals surface area contributed by atoms with E-state index in [0.29, 0.717) is 12.8 Å². The van der Waals surface area contributed by atoms with Crippen LogP contribution in [0.4, 0.5) is 0 Å². The number of hydrogen-bond acceptors (Lipinski definition) is 4. The first-order valence-corrected chi connectivity index (χ1v) is 9.04. The van der Waals surface area contributed by atoms with E-state index in [-0.39, 0.29) is 29.0 Å². The van der Waals surface area contributed by atoms with Crippen LogP contribution in [0.25, 0.3) is 0 Å². The highest BCUT2D eigenvalue weighted by Gasteiger charge is 2.62. The van der Waals surface area contributed by atoms with E-state index in [1.165, 1.54) is 5.57 Å². The van der Waals surface area contributed by atoms with Gasteiger partial charge in [0, 0.05) is 0 Å². The maximum Gasteiger partial charge on any atom is 0.164 e. The van der Waals surface area contributed by atoms with Gasteiger partial charge in [-0.1, -0.05) is 38.5 Å². The summed E-state index contributed by atoms with van der Waals surface area (Å²) in [6.07, 6.45) is 7.28. The molecular weight excluding hydrogens is 304 g/mol. The molecule has 0 aliphatic heterocycles. The Labute approximate surface area is 144 Å². The Morgan fingerprint density at radius 3 is 2.50 bits per heavy atom. The van der Waals surface area contributed by atoms with Crippen molar-refractivity contribution in [2.24, 2.45) is 28.6 Å². The topological polar surface area (TPSA) is 66.8 Å². The third-order valence-corrected chi connectivity index (χ3v) is 7.05. The van der Waals surface area contributed by atoms with E-state index in [9.17, 15) is 15.2 Å². The minimum absolute atomic E-state index is 0.0458. The molecule has 3 rings (SSSR count). The lowest BCUT2D eigenvalue weighted by Gasteiger charge is -2.54. The molecule has 4 nitrogen and oxygen atoms in total. The van der Waals surface area contributed by atoms with Crippen LogP contribution >= 0.6 is 0 Å². The predicted molar refractivity (Wildman–Crippen MR) is 92.2 cm³/mol. The molecule has 4 heteroatoms. The van der Waals surface area contributed by atoms with Crippen LogP contribution in [0, 0.1) is 28.6 Å². The van der Waals surface area contributed by atoms with Gasteiger partial charge in [0.25, 0.3) is 0 Å². The minimum atomic E-state index is -0.724. The molecule has 2 N–H and O–H groups in total. The van der Waals surface area contributed by atoms with Crippen molar-refractivity contribution in [3.63, 3.8) is 0 Å². The Bertz CT molecular complexity index is 607. The van der Waals surface area contributed by atoms with Gasteiger partial charge in [-0.2, -0.15) is 0 Å². The quantitative estimate of drug-likeness (QED) is 0.458. The van der Waals surface area contributed by atoms with Gasteiger partial charge in [-0.3, -0.25) is 10.1 Å². The van der Waals surface area contributed by atoms with Crippen LogP contribution in [-0.4, -0.2) is 27.9 Å². The van der Waals surface area contributed by atoms with Crippen molar-refractivity contribution in [1.29, 1.82) is 0 Å². The van der Waals surface area contributed by atoms with Crippen molar-refractivity contribution < 1.29 is 20.0 Å². The fourth-order valence-electron chi connectivity index (χ4n) is 5.26. The molecule has 24 heavy (non-hydrogen) atoms. The normalized spacial score (nSPS) is 48.1. The molecule has 0 aromatic carbocycles. The molecule has 1 fully saturated rings. The third kappa shape index (κ3) is 2.34. The Kier molecular flexibility index (Phi) is 4.10. The van der Waals surface area contributed by atoms with Crippen LogP contribution in [-0.2, 0) is 9.68 Å². The first-order valence-electron chi connectivity index (χ1n) is 9.04. The van der Waals surface area contributed by atoms with E-state index < -0.39 is 17.1 Å². The molecule has 0 aromatic rings. The zero-order chi connectivity index (χ0) is 17.9. The van der Waals surface area contributed by atoms with Crippen LogP contribution < -0.4 is 0 Å². The van der Waals surface area contributed by atoms with Crippen molar-refractivity contribution in [3.8, 4) is 0 Å². The predicted octanol–water partition coefficient (Wildman–Crippen LogP) is 3.76. The van der Waals surface area contributed by atoms with Crippen LogP contribution in [0.5, 0.6) is 0 Å². The number of ketones is 1. The van der Waals surface area contributed by atoms with E-state index in [2.05, 4.69) is 26.8 Å². The van der Waals surface area contributed by atoms with E-state index in [0.717, 1.165) is 6.42 Å². The third-order valence-electron chi connectivity index (χ3n) is 7.05. The number of aliphatic hydroxyl groups is 1. The first kappa shape index (κ1) is 17.8. The summed E-state index contributed by atoms with van der Waals surface area (Å²) in [5.41, 5.74) is -0.470. The highest BCUT2D eigenvalue weighted by Crippen LogP contribution is 2.62. The monoisotopic (exact) mass is 334 g/mol. The molecule has 0 unspecified atom stereocenters. The molecule has 3 aliphatic rings. The Morgan fingerprint density at radius 1 is 1.25 bits per heavy atom. The molecular formula is C20H30O4. The van der Waals surface area contributed by atoms with E-state index in [1.807, 2.05) is 19.9 Å². The summed E-state index contributed by atoms with van der Waals surface area (Å²) in [5, 5.41) is 20.2. The lowest BCUT2D eigenvalue weighted by atomic mass is 9.50. The lowest BCUT2D eigenvalue weighted by molar-refractivity contribution is -0.304. The van der Waals surface area contributed by atoms with Gasteiger partial charge in [-0.25, -0.2) is 4.89 Å². The average molecular weight is 334 g/mol. The largest absolute Gasteiger partial charge is 0.392 e. The molecule has 134 valence electrons. The fourth-order valence-corrected chi connectivity index (χ4v) is 5.26. The second kappa shape index (κ2) is 5.52. The maximum atomic E-state index is 12.8. The van der Waals surface area contributed by atoms with Crippen LogP contribution in [0.1, 0.15) is 53.9 Å². The SMILES string of the molecule is CC(C)C1=CC(=O)[C@]2(C)[C@H]1[C@H]1CC[C@](C)(OO)C=C[C@]1(C)C[C@@H]2O. The summed E-state index contributed by atoms with van der Waals surface area (Å²) < 4.78 is 0. The molecule has 0 spiro atoms. The van der Waals surface area contributed by atoms with Gasteiger partial charge in [-0.05, 0) is 62.4 Å². The van der Waals surface area contributed by atoms with Gasteiger partial charge in [0.1, 0.15) is 5.60 Å². The zero-order valence-electron chi connectivity index (χ0n) is 15.4. The summed E-state index contributed by atoms with van der Waals surface area (Å²) in [6, 6.07) is 0. The number of hydrogen-bond donors (Lipinski definition) is 2. The summed E-state index contributed by atoms with van der Waals surface area (Å²) >= 11 is 0. The number of aliphatic hydroxyl groups excluding tert-OH is 1. The van der Waals surface area contributed by atoms with Gasteiger partial charge in [0.2, 0.25) is 0 Å². The van der Waals surface area contributed by atoms with Gasteiger partial charge in [0.15, 0.2) is 5.78 Å². The standard InChI is InChI=1S/C20H30O4/c1-12(2)13-10-15(21)20(5)16(22)11-18(3)8-9-19(4,24-23)7-6-14(18)17(13)20/h8-10,12,14,16-17,22-23H,6-7,11H2,1-5H3/t14-,16+,17-,18-,19+,20+/m1/s1. The second-order valence-electron chi connectivity index (χ2n) is 9.03. The van der Waals surface area contributed by atoms with Crippen LogP contribution in [0.3, 0.4) is 0 Å². The molecule has 0 saturated heterocycles. The average Bonchev–Trinajstić information content (AvgIpc) is 2.71. The summed E-state index contributed by atoms with van der Waals surface area (Å²) in [7, 11) is 0. The number of carbonyl (C=O) groups excluding carboxylic acids is 1. The van der Waals surface area contributed by atoms with Crippen molar-refractivity contribution in [3.05, 3.63) is 23.8 Å². The Balaban J connectivity index is 2.09. The highest BCUT2D eigenvalue weighted by atomic mass is 17.1. The van der Waals surface area contributed by atoms with Crippen molar-refractivity contribution in [1.82, 2.24) is 0 Å². The smallest absolute Gasteiger partial charge is 0.164 e. The summed E-state index contributed by atoms with van der Waals surface area (Å²) in [4.78, 5) is 17.5. The van der Waals surface area contributed by atoms with Gasteiger partial charge in [0.05, 0.1) is 11.5 Å². The molecule has 6 atom stereocenters. The number of rotatable bonds is 2. The number of allylic oxidation sites excluding steroid dienone is 3. The molecule has 3 aliphatic carbocycles. The number of carbonyl (C=O) groups is 1. The van der Waals surface area contributed by atoms with Gasteiger partial charge < -0.3 is 5.11 Å². The second-order valence-corrected chi connectivity index (χ2v) is 9.03. The van der Waals surface area contributed by atoms with E-state index in [1.54, 1.807) is 6.08 Å². The lowest BCUT2D eigenvalue weighted by Crippen LogP contribution is -2.55. The molecule has 0 radical (unpaired) electrons. The van der Waals surface area contributed by atoms with E-state index in [4.69, 9.17) is 4.89 Å². The summed E-state index contributed by atoms with van der Waals surface area (Å²) in [6.45, 7) is 10.2. The van der Waals surface area contributed by atoms with Gasteiger partial charge >= 0.3 is 0 Å². The van der Waals surface area contributed by atoms with Crippen LogP contribution in [0.15, 0.2) is 23.8 Å². The summed E-state index contributed by atoms with van der Waals surface area (Å²) in [5.74, 6) is 0.645. The maximum absolute atomic E-state index is 12.8. The van der Waals surface area contributed by atoms with Crippen LogP contribution in [0.2, 0.25) is 0 Å². The molecule has 0 bridgehead atoms. The first-order chi connectivity index (χ1) is 11.1. The van der Waals surface area contributed by atoms with Gasteiger partial charge in [-0.15, -0.1) is 0 Å². The van der Waals surface area contributed by atoms with Crippen molar-refractivity contribution in [2.75, 3.05) is 0 Å². The van der Waals surface area contributed by atoms with Crippen molar-refractivity contribution in [2.45, 2.75) is 65.6 Å². The Hall–Kier alpha value is -0.970. The molecule has 0 aromatic heterocycles. The number of fused-ring (bicyclic) bond motifs is 3. The minimum Gasteiger partial charge on any atom is -0.392 e. The fraction of sp³-hybridized carbons (Fsp3) is 0.750. The van der Waals surface area contributed by atoms with E-state index >= 15 is 0 Å². The molecule has 0 heterocycles. The molecule has 1 saturated carbocycles. The Morgan fingerprint density at radius 2 is 1.92 bits per heavy atom. The zero-order valence-corrected chi connectivity index (χ0v) is 15.4.